The molecule has 1 aliphatic heterocycles. The first kappa shape index (κ1) is 15.7. The van der Waals surface area contributed by atoms with Crippen molar-refractivity contribution in [3.05, 3.63) is 40.8 Å². The van der Waals surface area contributed by atoms with Crippen molar-refractivity contribution in [1.29, 1.82) is 0 Å². The number of fused-ring (bicyclic) bond motifs is 3. The third kappa shape index (κ3) is 2.54. The minimum atomic E-state index is -1.44. The molecule has 0 saturated carbocycles. The summed E-state index contributed by atoms with van der Waals surface area (Å²) < 4.78 is 2.50. The first-order chi connectivity index (χ1) is 11.7. The second-order valence-corrected chi connectivity index (χ2v) is 6.82. The maximum Gasteiger partial charge on any atom is 0.488 e. The lowest BCUT2D eigenvalue weighted by atomic mass is 9.77. The van der Waals surface area contributed by atoms with E-state index in [9.17, 15) is 10.0 Å². The van der Waals surface area contributed by atoms with E-state index in [1.165, 1.54) is 36.9 Å². The molecule has 2 aromatic rings. The topological polar surface area (TPSA) is 61.5 Å². The Labute approximate surface area is 143 Å². The smallest absolute Gasteiger partial charge is 0.423 e. The van der Waals surface area contributed by atoms with Crippen LogP contribution in [0.1, 0.15) is 42.3 Å². The molecular weight excluding hydrogens is 301 g/mol. The molecule has 2 aromatic heterocycles. The number of aryl methyl sites for hydroxylation is 1. The molecule has 0 unspecified atom stereocenters. The van der Waals surface area contributed by atoms with Crippen LogP contribution < -0.4 is 10.4 Å². The average molecular weight is 325 g/mol. The number of nitrogens with zero attached hydrogens (tertiary/aromatic N) is 3. The average Bonchev–Trinajstić information content (AvgIpc) is 2.98. The van der Waals surface area contributed by atoms with Crippen molar-refractivity contribution in [2.24, 2.45) is 0 Å². The Balaban J connectivity index is 1.68. The number of pyridine rings is 1. The van der Waals surface area contributed by atoms with Gasteiger partial charge < -0.3 is 19.5 Å². The van der Waals surface area contributed by atoms with Crippen LogP contribution in [0.25, 0.3) is 0 Å². The molecular formula is C18H24BN3O2. The molecule has 6 heteroatoms. The summed E-state index contributed by atoms with van der Waals surface area (Å²) in [5, 5.41) is 19.3. The summed E-state index contributed by atoms with van der Waals surface area (Å²) in [7, 11) is -1.44. The second-order valence-electron chi connectivity index (χ2n) is 6.82. The Bertz CT molecular complexity index is 757. The van der Waals surface area contributed by atoms with Crippen molar-refractivity contribution >= 4 is 18.4 Å². The van der Waals surface area contributed by atoms with Gasteiger partial charge in [0, 0.05) is 30.7 Å². The molecule has 0 fully saturated rings. The van der Waals surface area contributed by atoms with Gasteiger partial charge in [0.25, 0.3) is 0 Å². The first-order valence-corrected chi connectivity index (χ1v) is 8.98. The Kier molecular flexibility index (Phi) is 4.10. The van der Waals surface area contributed by atoms with Gasteiger partial charge in [0.1, 0.15) is 5.82 Å². The lowest BCUT2D eigenvalue weighted by molar-refractivity contribution is 0.425. The molecule has 1 aliphatic carbocycles. The van der Waals surface area contributed by atoms with E-state index in [1.807, 2.05) is 6.92 Å². The Morgan fingerprint density at radius 2 is 2.04 bits per heavy atom. The molecule has 2 N–H and O–H groups in total. The van der Waals surface area contributed by atoms with E-state index in [1.54, 1.807) is 18.0 Å². The predicted octanol–water partition coefficient (Wildman–Crippen LogP) is 1.02. The van der Waals surface area contributed by atoms with Crippen LogP contribution in [0.4, 0.5) is 5.82 Å². The monoisotopic (exact) mass is 325 g/mol. The summed E-state index contributed by atoms with van der Waals surface area (Å²) in [6.45, 7) is 4.79. The van der Waals surface area contributed by atoms with Crippen LogP contribution in [-0.4, -0.2) is 33.3 Å². The van der Waals surface area contributed by atoms with E-state index < -0.39 is 7.12 Å². The molecule has 0 atom stereocenters. The van der Waals surface area contributed by atoms with E-state index in [2.05, 4.69) is 20.5 Å². The highest BCUT2D eigenvalue weighted by atomic mass is 16.4. The van der Waals surface area contributed by atoms with E-state index in [0.29, 0.717) is 5.46 Å². The fraction of sp³-hybridized carbons (Fsp3) is 0.500. The van der Waals surface area contributed by atoms with E-state index in [-0.39, 0.29) is 0 Å². The highest BCUT2D eigenvalue weighted by molar-refractivity contribution is 6.59. The Morgan fingerprint density at radius 1 is 1.21 bits per heavy atom. The van der Waals surface area contributed by atoms with Crippen LogP contribution in [0.2, 0.25) is 0 Å². The summed E-state index contributed by atoms with van der Waals surface area (Å²) in [4.78, 5) is 6.85. The van der Waals surface area contributed by atoms with E-state index in [0.717, 1.165) is 37.4 Å². The molecule has 0 saturated heterocycles. The zero-order chi connectivity index (χ0) is 16.7. The summed E-state index contributed by atoms with van der Waals surface area (Å²) in [5.41, 5.74) is 5.95. The third-order valence-corrected chi connectivity index (χ3v) is 5.44. The van der Waals surface area contributed by atoms with Crippen LogP contribution in [0.5, 0.6) is 0 Å². The highest BCUT2D eigenvalue weighted by Crippen LogP contribution is 2.30. The number of hydrogen-bond acceptors (Lipinski definition) is 4. The van der Waals surface area contributed by atoms with Gasteiger partial charge in [0.15, 0.2) is 0 Å². The van der Waals surface area contributed by atoms with Gasteiger partial charge in [-0.3, -0.25) is 0 Å². The molecule has 2 aliphatic rings. The van der Waals surface area contributed by atoms with Gasteiger partial charge in [-0.15, -0.1) is 0 Å². The zero-order valence-corrected chi connectivity index (χ0v) is 14.2. The fourth-order valence-electron chi connectivity index (χ4n) is 4.29. The van der Waals surface area contributed by atoms with Crippen molar-refractivity contribution in [3.8, 4) is 0 Å². The van der Waals surface area contributed by atoms with Crippen molar-refractivity contribution in [1.82, 2.24) is 9.55 Å². The molecule has 0 amide bonds. The molecule has 0 spiro atoms. The van der Waals surface area contributed by atoms with E-state index >= 15 is 0 Å². The number of rotatable bonds is 3. The highest BCUT2D eigenvalue weighted by Gasteiger charge is 2.26. The fourth-order valence-corrected chi connectivity index (χ4v) is 4.29. The van der Waals surface area contributed by atoms with Gasteiger partial charge in [-0.25, -0.2) is 4.98 Å². The minimum Gasteiger partial charge on any atom is -0.423 e. The summed E-state index contributed by atoms with van der Waals surface area (Å²) >= 11 is 0. The van der Waals surface area contributed by atoms with Crippen LogP contribution in [0.3, 0.4) is 0 Å². The Morgan fingerprint density at radius 3 is 2.83 bits per heavy atom. The molecule has 0 bridgehead atoms. The van der Waals surface area contributed by atoms with Crippen LogP contribution in [0, 0.1) is 0 Å². The lowest BCUT2D eigenvalue weighted by Gasteiger charge is -2.32. The summed E-state index contributed by atoms with van der Waals surface area (Å²) in [6.07, 6.45) is 7.45. The van der Waals surface area contributed by atoms with Gasteiger partial charge >= 0.3 is 7.12 Å². The molecule has 24 heavy (non-hydrogen) atoms. The van der Waals surface area contributed by atoms with Gasteiger partial charge in [-0.2, -0.15) is 0 Å². The van der Waals surface area contributed by atoms with Gasteiger partial charge in [-0.05, 0) is 60.8 Å². The Hall–Kier alpha value is -1.79. The maximum absolute atomic E-state index is 9.63. The molecule has 3 heterocycles. The van der Waals surface area contributed by atoms with Crippen LogP contribution in [-0.2, 0) is 32.4 Å². The standard InChI is InChI=1S/C18H24BN3O2/c1-2-15-16(19(23)24)7-8-20-18(15)21-9-10-22-14(12-21)11-13-5-3-4-6-17(13)22/h7-8,11,23-24H,2-6,9-10,12H2,1H3. The van der Waals surface area contributed by atoms with Gasteiger partial charge in [0.05, 0.1) is 6.54 Å². The summed E-state index contributed by atoms with van der Waals surface area (Å²) in [6, 6.07) is 4.08. The van der Waals surface area contributed by atoms with Crippen molar-refractivity contribution in [2.75, 3.05) is 11.4 Å². The van der Waals surface area contributed by atoms with Crippen LogP contribution >= 0.6 is 0 Å². The molecule has 0 aromatic carbocycles. The van der Waals surface area contributed by atoms with Crippen molar-refractivity contribution in [2.45, 2.75) is 52.1 Å². The normalized spacial score (nSPS) is 16.7. The molecule has 126 valence electrons. The summed E-state index contributed by atoms with van der Waals surface area (Å²) in [5.74, 6) is 0.897. The van der Waals surface area contributed by atoms with Crippen molar-refractivity contribution < 1.29 is 10.0 Å². The van der Waals surface area contributed by atoms with Gasteiger partial charge in [-0.1, -0.05) is 6.92 Å². The zero-order valence-electron chi connectivity index (χ0n) is 14.2. The van der Waals surface area contributed by atoms with Crippen molar-refractivity contribution in [3.63, 3.8) is 0 Å². The maximum atomic E-state index is 9.63. The minimum absolute atomic E-state index is 0.572. The number of aromatic nitrogens is 2. The molecule has 0 radical (unpaired) electrons. The SMILES string of the molecule is CCc1c(B(O)O)ccnc1N1CCn2c(cc3c2CCCC3)C1. The predicted molar refractivity (Wildman–Crippen MR) is 95.6 cm³/mol. The van der Waals surface area contributed by atoms with Crippen LogP contribution in [0.15, 0.2) is 18.3 Å². The van der Waals surface area contributed by atoms with E-state index in [4.69, 9.17) is 0 Å². The lowest BCUT2D eigenvalue weighted by Crippen LogP contribution is -2.39. The number of anilines is 1. The largest absolute Gasteiger partial charge is 0.488 e. The number of hydrogen-bond donors (Lipinski definition) is 2. The molecule has 4 rings (SSSR count). The second kappa shape index (κ2) is 6.26. The van der Waals surface area contributed by atoms with Gasteiger partial charge in [0.2, 0.25) is 0 Å². The first-order valence-electron chi connectivity index (χ1n) is 8.98. The molecule has 5 nitrogen and oxygen atoms in total. The quantitative estimate of drug-likeness (QED) is 0.828. The third-order valence-electron chi connectivity index (χ3n) is 5.44.